The highest BCUT2D eigenvalue weighted by Gasteiger charge is 2.31. The Morgan fingerprint density at radius 1 is 1.57 bits per heavy atom. The van der Waals surface area contributed by atoms with Gasteiger partial charge >= 0.3 is 0 Å². The van der Waals surface area contributed by atoms with Gasteiger partial charge < -0.3 is 9.80 Å². The van der Waals surface area contributed by atoms with Crippen molar-refractivity contribution in [1.29, 1.82) is 0 Å². The molecule has 0 aliphatic carbocycles. The van der Waals surface area contributed by atoms with Crippen LogP contribution in [-0.2, 0) is 4.79 Å². The van der Waals surface area contributed by atoms with Gasteiger partial charge in [-0.2, -0.15) is 0 Å². The van der Waals surface area contributed by atoms with Gasteiger partial charge in [0, 0.05) is 12.6 Å². The molecule has 2 saturated heterocycles. The second-order valence-electron chi connectivity index (χ2n) is 4.38. The van der Waals surface area contributed by atoms with Crippen molar-refractivity contribution in [2.24, 2.45) is 0 Å². The predicted molar refractivity (Wildman–Crippen MR) is 54.8 cm³/mol. The molecule has 1 amide bonds. The Morgan fingerprint density at radius 3 is 2.86 bits per heavy atom. The van der Waals surface area contributed by atoms with Crippen molar-refractivity contribution in [3.63, 3.8) is 0 Å². The Hall–Kier alpha value is -0.610. The number of hydrogen-bond donors (Lipinski definition) is 1. The van der Waals surface area contributed by atoms with Crippen LogP contribution in [0.15, 0.2) is 0 Å². The number of amides is 1. The Labute approximate surface area is 85.2 Å². The third-order valence-corrected chi connectivity index (χ3v) is 3.42. The maximum Gasteiger partial charge on any atom is 0.237 e. The highest BCUT2D eigenvalue weighted by Crippen LogP contribution is 2.17. The van der Waals surface area contributed by atoms with Crippen LogP contribution in [0.2, 0.25) is 0 Å². The van der Waals surface area contributed by atoms with Crippen molar-refractivity contribution in [2.45, 2.75) is 32.0 Å². The van der Waals surface area contributed by atoms with E-state index in [0.29, 0.717) is 12.6 Å². The van der Waals surface area contributed by atoms with E-state index in [1.54, 1.807) is 0 Å². The number of likely N-dealkylation sites (tertiary alicyclic amines) is 1. The van der Waals surface area contributed by atoms with Gasteiger partial charge in [-0.3, -0.25) is 10.1 Å². The lowest BCUT2D eigenvalue weighted by atomic mass is 10.2. The summed E-state index contributed by atoms with van der Waals surface area (Å²) in [6, 6.07) is 0.571. The van der Waals surface area contributed by atoms with Gasteiger partial charge in [0.2, 0.25) is 5.91 Å². The van der Waals surface area contributed by atoms with Crippen molar-refractivity contribution < 1.29 is 4.79 Å². The van der Waals surface area contributed by atoms with E-state index in [-0.39, 0.29) is 12.1 Å². The first-order valence-electron chi connectivity index (χ1n) is 5.41. The molecule has 0 spiro atoms. The van der Waals surface area contributed by atoms with Gasteiger partial charge in [-0.05, 0) is 33.4 Å². The molecule has 2 aliphatic rings. The van der Waals surface area contributed by atoms with Crippen LogP contribution in [0.1, 0.15) is 19.8 Å². The van der Waals surface area contributed by atoms with E-state index in [0.717, 1.165) is 6.54 Å². The minimum absolute atomic E-state index is 0.219. The van der Waals surface area contributed by atoms with E-state index in [9.17, 15) is 4.79 Å². The Bertz CT molecular complexity index is 231. The van der Waals surface area contributed by atoms with E-state index >= 15 is 0 Å². The van der Waals surface area contributed by atoms with Gasteiger partial charge in [0.25, 0.3) is 0 Å². The fourth-order valence-electron chi connectivity index (χ4n) is 2.36. The lowest BCUT2D eigenvalue weighted by Crippen LogP contribution is -2.43. The van der Waals surface area contributed by atoms with Gasteiger partial charge in [-0.15, -0.1) is 0 Å². The summed E-state index contributed by atoms with van der Waals surface area (Å²) in [6.45, 7) is 4.63. The lowest BCUT2D eigenvalue weighted by Gasteiger charge is -2.28. The normalized spacial score (nSPS) is 34.4. The Balaban J connectivity index is 1.92. The van der Waals surface area contributed by atoms with Crippen LogP contribution in [0, 0.1) is 0 Å². The molecular formula is C10H19N3O. The van der Waals surface area contributed by atoms with Crippen molar-refractivity contribution in [1.82, 2.24) is 15.1 Å². The average Bonchev–Trinajstić information content (AvgIpc) is 2.67. The average molecular weight is 197 g/mol. The van der Waals surface area contributed by atoms with Crippen molar-refractivity contribution in [2.75, 3.05) is 26.7 Å². The van der Waals surface area contributed by atoms with Gasteiger partial charge in [0.05, 0.1) is 12.7 Å². The summed E-state index contributed by atoms with van der Waals surface area (Å²) >= 11 is 0. The Morgan fingerprint density at radius 2 is 2.36 bits per heavy atom. The molecule has 4 heteroatoms. The fourth-order valence-corrected chi connectivity index (χ4v) is 2.36. The first-order chi connectivity index (χ1) is 6.68. The smallest absolute Gasteiger partial charge is 0.237 e. The largest absolute Gasteiger partial charge is 0.325 e. The quantitative estimate of drug-likeness (QED) is 0.669. The van der Waals surface area contributed by atoms with Gasteiger partial charge in [0.15, 0.2) is 0 Å². The first kappa shape index (κ1) is 9.93. The van der Waals surface area contributed by atoms with Crippen LogP contribution < -0.4 is 5.32 Å². The van der Waals surface area contributed by atoms with Crippen LogP contribution in [0.4, 0.5) is 0 Å². The molecule has 0 radical (unpaired) electrons. The third-order valence-electron chi connectivity index (χ3n) is 3.42. The molecule has 2 fully saturated rings. The molecule has 2 aliphatic heterocycles. The molecule has 0 aromatic carbocycles. The topological polar surface area (TPSA) is 35.6 Å². The number of nitrogens with one attached hydrogen (secondary N) is 1. The van der Waals surface area contributed by atoms with E-state index in [4.69, 9.17) is 0 Å². The molecule has 0 aromatic heterocycles. The zero-order chi connectivity index (χ0) is 10.1. The van der Waals surface area contributed by atoms with E-state index in [2.05, 4.69) is 24.2 Å². The number of likely N-dealkylation sites (N-methyl/N-ethyl adjacent to an activating group) is 1. The van der Waals surface area contributed by atoms with Gasteiger partial charge in [0.1, 0.15) is 0 Å². The standard InChI is InChI=1S/C10H19N3O/c1-8-11-6-10(14)13(8)7-9-4-3-5-12(9)2/h8-9,11H,3-7H2,1-2H3. The number of carbonyl (C=O) groups excluding carboxylic acids is 1. The molecule has 0 bridgehead atoms. The van der Waals surface area contributed by atoms with E-state index in [1.807, 2.05) is 4.90 Å². The van der Waals surface area contributed by atoms with Gasteiger partial charge in [-0.1, -0.05) is 0 Å². The van der Waals surface area contributed by atoms with Crippen molar-refractivity contribution in [3.8, 4) is 0 Å². The number of rotatable bonds is 2. The predicted octanol–water partition coefficient (Wildman–Crippen LogP) is -0.142. The van der Waals surface area contributed by atoms with Crippen LogP contribution in [-0.4, -0.2) is 54.6 Å². The summed E-state index contributed by atoms with van der Waals surface area (Å²) in [5, 5.41) is 3.17. The summed E-state index contributed by atoms with van der Waals surface area (Å²) in [4.78, 5) is 15.8. The molecular weight excluding hydrogens is 178 g/mol. The summed E-state index contributed by atoms with van der Waals surface area (Å²) in [6.07, 6.45) is 2.72. The summed E-state index contributed by atoms with van der Waals surface area (Å²) < 4.78 is 0. The molecule has 0 saturated carbocycles. The Kier molecular flexibility index (Phi) is 2.74. The molecule has 80 valence electrons. The molecule has 14 heavy (non-hydrogen) atoms. The van der Waals surface area contributed by atoms with Crippen LogP contribution >= 0.6 is 0 Å². The number of carbonyl (C=O) groups is 1. The van der Waals surface area contributed by atoms with Crippen LogP contribution in [0.3, 0.4) is 0 Å². The third kappa shape index (κ3) is 1.77. The zero-order valence-electron chi connectivity index (χ0n) is 8.99. The van der Waals surface area contributed by atoms with E-state index in [1.165, 1.54) is 19.4 Å². The fraction of sp³-hybridized carbons (Fsp3) is 0.900. The van der Waals surface area contributed by atoms with E-state index < -0.39 is 0 Å². The molecule has 1 N–H and O–H groups in total. The highest BCUT2D eigenvalue weighted by molar-refractivity contribution is 5.80. The van der Waals surface area contributed by atoms with Crippen molar-refractivity contribution >= 4 is 5.91 Å². The number of nitrogens with zero attached hydrogens (tertiary/aromatic N) is 2. The summed E-state index contributed by atoms with van der Waals surface area (Å²) in [7, 11) is 2.15. The minimum atomic E-state index is 0.219. The summed E-state index contributed by atoms with van der Waals surface area (Å²) in [5.41, 5.74) is 0. The number of hydrogen-bond acceptors (Lipinski definition) is 3. The maximum atomic E-state index is 11.5. The molecule has 2 heterocycles. The molecule has 2 atom stereocenters. The SMILES string of the molecule is CC1NCC(=O)N1CC1CCCN1C. The summed E-state index contributed by atoms with van der Waals surface area (Å²) in [5.74, 6) is 0.248. The maximum absolute atomic E-state index is 11.5. The van der Waals surface area contributed by atoms with Crippen molar-refractivity contribution in [3.05, 3.63) is 0 Å². The lowest BCUT2D eigenvalue weighted by molar-refractivity contribution is -0.128. The molecule has 2 unspecified atom stereocenters. The second-order valence-corrected chi connectivity index (χ2v) is 4.38. The monoisotopic (exact) mass is 197 g/mol. The first-order valence-corrected chi connectivity index (χ1v) is 5.41. The van der Waals surface area contributed by atoms with Gasteiger partial charge in [-0.25, -0.2) is 0 Å². The minimum Gasteiger partial charge on any atom is -0.325 e. The molecule has 0 aromatic rings. The highest BCUT2D eigenvalue weighted by atomic mass is 16.2. The molecule has 4 nitrogen and oxygen atoms in total. The zero-order valence-corrected chi connectivity index (χ0v) is 8.99. The second kappa shape index (κ2) is 3.87. The van der Waals surface area contributed by atoms with Crippen LogP contribution in [0.25, 0.3) is 0 Å². The van der Waals surface area contributed by atoms with Crippen LogP contribution in [0.5, 0.6) is 0 Å². The molecule has 2 rings (SSSR count).